The highest BCUT2D eigenvalue weighted by Crippen LogP contribution is 2.33. The van der Waals surface area contributed by atoms with E-state index in [1.807, 2.05) is 49.8 Å². The number of carbonyl (C=O) groups excluding carboxylic acids is 1. The summed E-state index contributed by atoms with van der Waals surface area (Å²) in [6.07, 6.45) is 6.88. The molecule has 0 saturated heterocycles. The Labute approximate surface area is 228 Å². The molecule has 0 radical (unpaired) electrons. The Morgan fingerprint density at radius 2 is 1.97 bits per heavy atom. The lowest BCUT2D eigenvalue weighted by molar-refractivity contribution is 0.0953. The van der Waals surface area contributed by atoms with Crippen LogP contribution in [0.1, 0.15) is 40.2 Å². The van der Waals surface area contributed by atoms with Gasteiger partial charge in [-0.05, 0) is 18.1 Å². The van der Waals surface area contributed by atoms with Gasteiger partial charge in [0.15, 0.2) is 4.96 Å². The minimum Gasteiger partial charge on any atom is -0.383 e. The van der Waals surface area contributed by atoms with Crippen molar-refractivity contribution in [1.82, 2.24) is 34.4 Å². The molecule has 1 amide bonds. The largest absolute Gasteiger partial charge is 0.383 e. The third-order valence-corrected chi connectivity index (χ3v) is 7.24. The van der Waals surface area contributed by atoms with E-state index < -0.39 is 0 Å². The van der Waals surface area contributed by atoms with Crippen LogP contribution in [0.3, 0.4) is 0 Å². The van der Waals surface area contributed by atoms with E-state index in [-0.39, 0.29) is 23.2 Å². The second-order valence-corrected chi connectivity index (χ2v) is 10.0. The Bertz CT molecular complexity index is 1890. The fraction of sp³-hybridized carbons (Fsp3) is 0.138. The highest BCUT2D eigenvalue weighted by atomic mass is 32.1. The van der Waals surface area contributed by atoms with Gasteiger partial charge in [-0.15, -0.1) is 11.3 Å². The lowest BCUT2D eigenvalue weighted by Crippen LogP contribution is -2.29. The van der Waals surface area contributed by atoms with Gasteiger partial charge in [0, 0.05) is 54.4 Å². The fourth-order valence-corrected chi connectivity index (χ4v) is 5.34. The van der Waals surface area contributed by atoms with Gasteiger partial charge in [0.25, 0.3) is 5.91 Å². The summed E-state index contributed by atoms with van der Waals surface area (Å²) in [6.45, 7) is 2.39. The molecule has 0 aliphatic carbocycles. The van der Waals surface area contributed by atoms with E-state index in [2.05, 4.69) is 48.8 Å². The van der Waals surface area contributed by atoms with Gasteiger partial charge in [-0.1, -0.05) is 43.2 Å². The van der Waals surface area contributed by atoms with Crippen molar-refractivity contribution in [3.05, 3.63) is 95.1 Å². The third-order valence-electron chi connectivity index (χ3n) is 6.41. The number of thiazole rings is 1. The molecule has 5 aromatic heterocycles. The second-order valence-electron chi connectivity index (χ2n) is 9.17. The molecule has 0 fully saturated rings. The van der Waals surface area contributed by atoms with Crippen molar-refractivity contribution in [2.24, 2.45) is 7.05 Å². The van der Waals surface area contributed by atoms with E-state index in [1.165, 1.54) is 11.3 Å². The molecule has 0 saturated carbocycles. The maximum absolute atomic E-state index is 13.2. The zero-order valence-electron chi connectivity index (χ0n) is 21.3. The summed E-state index contributed by atoms with van der Waals surface area (Å²) in [6, 6.07) is 13.8. The molecule has 0 unspecified atom stereocenters. The number of imidazole rings is 1. The number of amides is 1. The monoisotopic (exact) mass is 532 g/mol. The maximum atomic E-state index is 13.2. The molecule has 6 aromatic rings. The van der Waals surface area contributed by atoms with E-state index in [4.69, 9.17) is 10.7 Å². The van der Waals surface area contributed by atoms with E-state index in [1.54, 1.807) is 29.3 Å². The summed E-state index contributed by atoms with van der Waals surface area (Å²) >= 11 is 1.53. The molecule has 0 spiro atoms. The molecule has 5 heterocycles. The first-order valence-electron chi connectivity index (χ1n) is 12.3. The molecule has 0 aliphatic heterocycles. The number of nitrogens with zero attached hydrogens (tertiary/aromatic N) is 6. The quantitative estimate of drug-likeness (QED) is 0.321. The minimum atomic E-state index is -0.318. The number of anilines is 1. The number of nitrogens with one attached hydrogen (secondary N) is 1. The van der Waals surface area contributed by atoms with Crippen LogP contribution < -0.4 is 11.1 Å². The zero-order chi connectivity index (χ0) is 26.9. The summed E-state index contributed by atoms with van der Waals surface area (Å²) in [5.41, 5.74) is 11.4. The van der Waals surface area contributed by atoms with Gasteiger partial charge < -0.3 is 11.1 Å². The SMILES string of the molecule is C[C@@H](CNC(=O)c1c(N)ncc2cccnc12)c1nc2scc(C#Cc3cnn(C)c3)n2c1-c1ccccc1. The molecule has 0 aliphatic rings. The molecule has 39 heavy (non-hydrogen) atoms. The minimum absolute atomic E-state index is 0.104. The number of nitrogen functional groups attached to an aromatic ring is 1. The lowest BCUT2D eigenvalue weighted by Gasteiger charge is -2.15. The number of pyridine rings is 2. The molecule has 9 nitrogen and oxygen atoms in total. The standard InChI is InChI=1S/C29H24N8OS/c1-18(13-33-28(38)23-25-21(9-6-12-31-25)15-32-27(23)30)24-26(20-7-4-3-5-8-20)37-22(17-39-29(37)35-24)11-10-19-14-34-36(2)16-19/h3-9,12,14-18H,13H2,1-2H3,(H2,30,32)(H,33,38)/t18-/m0/s1. The van der Waals surface area contributed by atoms with Crippen molar-refractivity contribution in [1.29, 1.82) is 0 Å². The molecule has 1 atom stereocenters. The molecule has 3 N–H and O–H groups in total. The average molecular weight is 533 g/mol. The van der Waals surface area contributed by atoms with Crippen LogP contribution in [-0.2, 0) is 7.05 Å². The normalized spacial score (nSPS) is 11.8. The number of hydrogen-bond donors (Lipinski definition) is 2. The summed E-state index contributed by atoms with van der Waals surface area (Å²) in [5.74, 6) is 6.21. The van der Waals surface area contributed by atoms with E-state index in [0.29, 0.717) is 12.1 Å². The Balaban J connectivity index is 1.35. The third kappa shape index (κ3) is 4.60. The van der Waals surface area contributed by atoms with Crippen molar-refractivity contribution in [2.75, 3.05) is 12.3 Å². The van der Waals surface area contributed by atoms with E-state index in [9.17, 15) is 4.79 Å². The summed E-state index contributed by atoms with van der Waals surface area (Å²) < 4.78 is 3.82. The van der Waals surface area contributed by atoms with Gasteiger partial charge in [-0.2, -0.15) is 5.10 Å². The average Bonchev–Trinajstić information content (AvgIpc) is 3.66. The number of aryl methyl sites for hydroxylation is 1. The molecule has 0 bridgehead atoms. The Kier molecular flexibility index (Phi) is 6.26. The number of hydrogen-bond acceptors (Lipinski definition) is 7. The zero-order valence-corrected chi connectivity index (χ0v) is 22.1. The van der Waals surface area contributed by atoms with Gasteiger partial charge in [0.1, 0.15) is 17.1 Å². The molecular weight excluding hydrogens is 508 g/mol. The first-order chi connectivity index (χ1) is 19.0. The molecule has 10 heteroatoms. The predicted molar refractivity (Wildman–Crippen MR) is 152 cm³/mol. The van der Waals surface area contributed by atoms with E-state index in [0.717, 1.165) is 38.6 Å². The van der Waals surface area contributed by atoms with Crippen LogP contribution in [-0.4, -0.2) is 41.6 Å². The maximum Gasteiger partial charge on any atom is 0.257 e. The molecule has 192 valence electrons. The fourth-order valence-electron chi connectivity index (χ4n) is 4.51. The van der Waals surface area contributed by atoms with Gasteiger partial charge in [0.05, 0.1) is 28.7 Å². The Morgan fingerprint density at radius 3 is 2.77 bits per heavy atom. The second kappa shape index (κ2) is 10.0. The van der Waals surface area contributed by atoms with Gasteiger partial charge in [0.2, 0.25) is 0 Å². The number of nitrogens with two attached hydrogens (primary N) is 1. The highest BCUT2D eigenvalue weighted by Gasteiger charge is 2.23. The Morgan fingerprint density at radius 1 is 1.13 bits per heavy atom. The first-order valence-corrected chi connectivity index (χ1v) is 13.2. The molecule has 1 aromatic carbocycles. The van der Waals surface area contributed by atoms with Crippen molar-refractivity contribution in [3.8, 4) is 23.1 Å². The number of rotatable bonds is 5. The van der Waals surface area contributed by atoms with Crippen molar-refractivity contribution >= 4 is 38.9 Å². The van der Waals surface area contributed by atoms with Crippen molar-refractivity contribution in [2.45, 2.75) is 12.8 Å². The van der Waals surface area contributed by atoms with Crippen LogP contribution in [0.25, 0.3) is 27.1 Å². The van der Waals surface area contributed by atoms with Crippen molar-refractivity contribution in [3.63, 3.8) is 0 Å². The number of carbonyl (C=O) groups is 1. The lowest BCUT2D eigenvalue weighted by atomic mass is 10.0. The smallest absolute Gasteiger partial charge is 0.257 e. The predicted octanol–water partition coefficient (Wildman–Crippen LogP) is 4.26. The summed E-state index contributed by atoms with van der Waals surface area (Å²) in [5, 5.41) is 9.99. The topological polar surface area (TPSA) is 116 Å². The number of fused-ring (bicyclic) bond motifs is 2. The highest BCUT2D eigenvalue weighted by molar-refractivity contribution is 7.15. The van der Waals surface area contributed by atoms with Crippen LogP contribution in [0, 0.1) is 11.8 Å². The van der Waals surface area contributed by atoms with Crippen LogP contribution in [0.5, 0.6) is 0 Å². The first kappa shape index (κ1) is 24.3. The Hall–Kier alpha value is -5.01. The summed E-state index contributed by atoms with van der Waals surface area (Å²) in [7, 11) is 1.87. The number of benzene rings is 1. The van der Waals surface area contributed by atoms with Crippen molar-refractivity contribution < 1.29 is 4.79 Å². The van der Waals surface area contributed by atoms with E-state index >= 15 is 0 Å². The summed E-state index contributed by atoms with van der Waals surface area (Å²) in [4.78, 5) is 27.6. The van der Waals surface area contributed by atoms with Gasteiger partial charge >= 0.3 is 0 Å². The van der Waals surface area contributed by atoms with Crippen LogP contribution in [0.15, 0.2) is 72.6 Å². The molecular formula is C29H24N8OS. The van der Waals surface area contributed by atoms with Gasteiger partial charge in [-0.3, -0.25) is 18.9 Å². The van der Waals surface area contributed by atoms with Crippen LogP contribution in [0.4, 0.5) is 5.82 Å². The van der Waals surface area contributed by atoms with Crippen LogP contribution in [0.2, 0.25) is 0 Å². The van der Waals surface area contributed by atoms with Crippen LogP contribution >= 0.6 is 11.3 Å². The number of aromatic nitrogens is 6. The molecule has 6 rings (SSSR count). The van der Waals surface area contributed by atoms with Gasteiger partial charge in [-0.25, -0.2) is 9.97 Å².